The second-order valence-corrected chi connectivity index (χ2v) is 3.98. The Hall–Kier alpha value is -0.240. The summed E-state index contributed by atoms with van der Waals surface area (Å²) in [6.45, 7) is 2.89. The number of nitrogens with one attached hydrogen (secondary N) is 1. The van der Waals surface area contributed by atoms with Gasteiger partial charge in [0.25, 0.3) is 0 Å². The zero-order chi connectivity index (χ0) is 8.97. The van der Waals surface area contributed by atoms with Crippen molar-refractivity contribution in [2.75, 3.05) is 12.4 Å². The maximum atomic E-state index is 11.2. The highest BCUT2D eigenvalue weighted by atomic mass is 35.5. The van der Waals surface area contributed by atoms with Crippen LogP contribution in [0.3, 0.4) is 0 Å². The predicted molar refractivity (Wildman–Crippen MR) is 50.2 cm³/mol. The predicted octanol–water partition coefficient (Wildman–Crippen LogP) is 1.78. The lowest BCUT2D eigenvalue weighted by atomic mass is 10.1. The standard InChI is InChI=1S/C9H16ClNO/c1-7(4-5-10)6-11-9(12)8-2-3-8/h7-8H,2-6H2,1H3,(H,11,12). The molecule has 3 heteroatoms. The van der Waals surface area contributed by atoms with E-state index in [-0.39, 0.29) is 5.91 Å². The van der Waals surface area contributed by atoms with Gasteiger partial charge in [0.15, 0.2) is 0 Å². The molecular weight excluding hydrogens is 174 g/mol. The molecule has 0 aromatic carbocycles. The molecule has 1 fully saturated rings. The monoisotopic (exact) mass is 189 g/mol. The highest BCUT2D eigenvalue weighted by Crippen LogP contribution is 2.28. The van der Waals surface area contributed by atoms with Gasteiger partial charge in [0.05, 0.1) is 0 Å². The second-order valence-electron chi connectivity index (χ2n) is 3.60. The first-order valence-electron chi connectivity index (χ1n) is 4.57. The summed E-state index contributed by atoms with van der Waals surface area (Å²) in [5.74, 6) is 1.75. The molecule has 2 nitrogen and oxygen atoms in total. The Labute approximate surface area is 78.7 Å². The first-order chi connectivity index (χ1) is 5.74. The maximum Gasteiger partial charge on any atom is 0.223 e. The van der Waals surface area contributed by atoms with E-state index in [0.717, 1.165) is 25.8 Å². The molecule has 1 aliphatic rings. The second kappa shape index (κ2) is 4.70. The van der Waals surface area contributed by atoms with Crippen molar-refractivity contribution in [3.63, 3.8) is 0 Å². The van der Waals surface area contributed by atoms with Crippen LogP contribution in [0.5, 0.6) is 0 Å². The summed E-state index contributed by atoms with van der Waals surface area (Å²) in [6.07, 6.45) is 3.14. The highest BCUT2D eigenvalue weighted by molar-refractivity contribution is 6.17. The summed E-state index contributed by atoms with van der Waals surface area (Å²) in [6, 6.07) is 0. The molecule has 0 heterocycles. The number of hydrogen-bond donors (Lipinski definition) is 1. The van der Waals surface area contributed by atoms with Crippen LogP contribution in [-0.4, -0.2) is 18.3 Å². The third kappa shape index (κ3) is 3.44. The molecule has 0 aromatic rings. The van der Waals surface area contributed by atoms with Crippen LogP contribution < -0.4 is 5.32 Å². The van der Waals surface area contributed by atoms with Crippen LogP contribution in [0.1, 0.15) is 26.2 Å². The van der Waals surface area contributed by atoms with Gasteiger partial charge >= 0.3 is 0 Å². The van der Waals surface area contributed by atoms with Gasteiger partial charge < -0.3 is 5.32 Å². The van der Waals surface area contributed by atoms with E-state index in [4.69, 9.17) is 11.6 Å². The van der Waals surface area contributed by atoms with Crippen molar-refractivity contribution in [3.8, 4) is 0 Å². The normalized spacial score (nSPS) is 18.8. The lowest BCUT2D eigenvalue weighted by molar-refractivity contribution is -0.122. The molecule has 1 saturated carbocycles. The van der Waals surface area contributed by atoms with Gasteiger partial charge in [-0.3, -0.25) is 4.79 Å². The average Bonchev–Trinajstić information content (AvgIpc) is 2.83. The van der Waals surface area contributed by atoms with Crippen LogP contribution >= 0.6 is 11.6 Å². The van der Waals surface area contributed by atoms with Gasteiger partial charge in [0, 0.05) is 18.3 Å². The summed E-state index contributed by atoms with van der Waals surface area (Å²) in [5.41, 5.74) is 0. The van der Waals surface area contributed by atoms with Crippen LogP contribution in [0, 0.1) is 11.8 Å². The van der Waals surface area contributed by atoms with Gasteiger partial charge in [-0.25, -0.2) is 0 Å². The zero-order valence-electron chi connectivity index (χ0n) is 7.48. The van der Waals surface area contributed by atoms with E-state index < -0.39 is 0 Å². The number of carbonyl (C=O) groups excluding carboxylic acids is 1. The Morgan fingerprint density at radius 1 is 1.67 bits per heavy atom. The summed E-state index contributed by atoms with van der Waals surface area (Å²) in [7, 11) is 0. The number of rotatable bonds is 5. The SMILES string of the molecule is CC(CCCl)CNC(=O)C1CC1. The molecule has 1 unspecified atom stereocenters. The van der Waals surface area contributed by atoms with Crippen LogP contribution in [0.15, 0.2) is 0 Å². The number of amides is 1. The highest BCUT2D eigenvalue weighted by Gasteiger charge is 2.29. The Morgan fingerprint density at radius 3 is 2.83 bits per heavy atom. The lowest BCUT2D eigenvalue weighted by Gasteiger charge is -2.10. The molecule has 0 spiro atoms. The van der Waals surface area contributed by atoms with E-state index in [1.165, 1.54) is 0 Å². The van der Waals surface area contributed by atoms with E-state index in [0.29, 0.717) is 17.7 Å². The van der Waals surface area contributed by atoms with Gasteiger partial charge in [-0.2, -0.15) is 0 Å². The molecule has 0 bridgehead atoms. The van der Waals surface area contributed by atoms with Crippen molar-refractivity contribution in [2.45, 2.75) is 26.2 Å². The minimum absolute atomic E-state index is 0.233. The van der Waals surface area contributed by atoms with Gasteiger partial charge in [0.1, 0.15) is 0 Å². The van der Waals surface area contributed by atoms with Crippen molar-refractivity contribution >= 4 is 17.5 Å². The van der Waals surface area contributed by atoms with E-state index in [1.807, 2.05) is 0 Å². The molecule has 1 atom stereocenters. The molecular formula is C9H16ClNO. The summed E-state index contributed by atoms with van der Waals surface area (Å²) < 4.78 is 0. The number of alkyl halides is 1. The lowest BCUT2D eigenvalue weighted by Crippen LogP contribution is -2.29. The van der Waals surface area contributed by atoms with E-state index in [2.05, 4.69) is 12.2 Å². The molecule has 0 saturated heterocycles. The first kappa shape index (κ1) is 9.85. The van der Waals surface area contributed by atoms with Crippen molar-refractivity contribution in [3.05, 3.63) is 0 Å². The fraction of sp³-hybridized carbons (Fsp3) is 0.889. The van der Waals surface area contributed by atoms with Crippen LogP contribution in [0.4, 0.5) is 0 Å². The Balaban J connectivity index is 2.03. The van der Waals surface area contributed by atoms with Gasteiger partial charge in [-0.15, -0.1) is 11.6 Å². The van der Waals surface area contributed by atoms with Gasteiger partial charge in [-0.05, 0) is 25.2 Å². The molecule has 0 aromatic heterocycles. The van der Waals surface area contributed by atoms with Crippen molar-refractivity contribution < 1.29 is 4.79 Å². The third-order valence-corrected chi connectivity index (χ3v) is 2.39. The van der Waals surface area contributed by atoms with Crippen LogP contribution in [0.2, 0.25) is 0 Å². The van der Waals surface area contributed by atoms with Crippen molar-refractivity contribution in [2.24, 2.45) is 11.8 Å². The molecule has 1 rings (SSSR count). The smallest absolute Gasteiger partial charge is 0.223 e. The van der Waals surface area contributed by atoms with Crippen molar-refractivity contribution in [1.82, 2.24) is 5.32 Å². The number of hydrogen-bond acceptors (Lipinski definition) is 1. The molecule has 1 amide bonds. The summed E-state index contributed by atoms with van der Waals surface area (Å²) in [4.78, 5) is 11.2. The minimum atomic E-state index is 0.233. The molecule has 1 aliphatic carbocycles. The average molecular weight is 190 g/mol. The number of carbonyl (C=O) groups is 1. The van der Waals surface area contributed by atoms with Crippen molar-refractivity contribution in [1.29, 1.82) is 0 Å². The van der Waals surface area contributed by atoms with E-state index in [1.54, 1.807) is 0 Å². The van der Waals surface area contributed by atoms with Gasteiger partial charge in [-0.1, -0.05) is 6.92 Å². The van der Waals surface area contributed by atoms with E-state index in [9.17, 15) is 4.79 Å². The first-order valence-corrected chi connectivity index (χ1v) is 5.11. The fourth-order valence-electron chi connectivity index (χ4n) is 1.05. The number of halogens is 1. The Kier molecular flexibility index (Phi) is 3.86. The minimum Gasteiger partial charge on any atom is -0.356 e. The van der Waals surface area contributed by atoms with E-state index >= 15 is 0 Å². The van der Waals surface area contributed by atoms with Crippen LogP contribution in [0.25, 0.3) is 0 Å². The molecule has 0 aliphatic heterocycles. The quantitative estimate of drug-likeness (QED) is 0.657. The summed E-state index contributed by atoms with van der Waals surface area (Å²) in [5, 5.41) is 2.93. The molecule has 12 heavy (non-hydrogen) atoms. The molecule has 0 radical (unpaired) electrons. The summed E-state index contributed by atoms with van der Waals surface area (Å²) >= 11 is 5.57. The Bertz CT molecular complexity index is 157. The topological polar surface area (TPSA) is 29.1 Å². The third-order valence-electron chi connectivity index (χ3n) is 2.17. The van der Waals surface area contributed by atoms with Crippen LogP contribution in [-0.2, 0) is 4.79 Å². The molecule has 70 valence electrons. The van der Waals surface area contributed by atoms with Gasteiger partial charge in [0.2, 0.25) is 5.91 Å². The fourth-order valence-corrected chi connectivity index (χ4v) is 1.43. The Morgan fingerprint density at radius 2 is 2.33 bits per heavy atom. The molecule has 1 N–H and O–H groups in total. The largest absolute Gasteiger partial charge is 0.356 e. The zero-order valence-corrected chi connectivity index (χ0v) is 8.23. The maximum absolute atomic E-state index is 11.2.